The first-order valence-corrected chi connectivity index (χ1v) is 8.62. The van der Waals surface area contributed by atoms with Crippen molar-refractivity contribution in [2.24, 2.45) is 0 Å². The predicted molar refractivity (Wildman–Crippen MR) is 96.4 cm³/mol. The van der Waals surface area contributed by atoms with Crippen LogP contribution in [0.1, 0.15) is 61.5 Å². The summed E-state index contributed by atoms with van der Waals surface area (Å²) in [7, 11) is 0. The van der Waals surface area contributed by atoms with Crippen molar-refractivity contribution in [3.05, 3.63) is 47.9 Å². The second kappa shape index (κ2) is 7.43. The number of carbonyl (C=O) groups is 1. The van der Waals surface area contributed by atoms with Crippen molar-refractivity contribution >= 4 is 17.4 Å². The lowest BCUT2D eigenvalue weighted by atomic mass is 10.0. The molecule has 5 heteroatoms. The summed E-state index contributed by atoms with van der Waals surface area (Å²) in [5.74, 6) is 0.852. The van der Waals surface area contributed by atoms with E-state index in [1.54, 1.807) is 6.07 Å². The molecule has 126 valence electrons. The summed E-state index contributed by atoms with van der Waals surface area (Å²) in [6.07, 6.45) is 6.27. The van der Waals surface area contributed by atoms with E-state index in [4.69, 9.17) is 0 Å². The Morgan fingerprint density at radius 1 is 1.17 bits per heavy atom. The monoisotopic (exact) mass is 324 g/mol. The molecule has 0 unspecified atom stereocenters. The number of anilines is 2. The first-order valence-electron chi connectivity index (χ1n) is 8.62. The van der Waals surface area contributed by atoms with Gasteiger partial charge in [-0.05, 0) is 30.4 Å². The van der Waals surface area contributed by atoms with Crippen LogP contribution in [0, 0.1) is 0 Å². The van der Waals surface area contributed by atoms with E-state index in [2.05, 4.69) is 34.4 Å². The van der Waals surface area contributed by atoms with Crippen molar-refractivity contribution < 1.29 is 4.79 Å². The minimum absolute atomic E-state index is 0.208. The molecule has 3 rings (SSSR count). The van der Waals surface area contributed by atoms with Gasteiger partial charge in [-0.3, -0.25) is 4.79 Å². The molecule has 0 atom stereocenters. The molecule has 5 nitrogen and oxygen atoms in total. The van der Waals surface area contributed by atoms with E-state index in [0.717, 1.165) is 29.9 Å². The number of nitrogens with zero attached hydrogens (tertiary/aromatic N) is 2. The van der Waals surface area contributed by atoms with Gasteiger partial charge in [-0.15, -0.1) is 0 Å². The van der Waals surface area contributed by atoms with Gasteiger partial charge in [0, 0.05) is 17.8 Å². The van der Waals surface area contributed by atoms with Gasteiger partial charge in [-0.25, -0.2) is 9.97 Å². The van der Waals surface area contributed by atoms with Gasteiger partial charge in [0.15, 0.2) is 0 Å². The van der Waals surface area contributed by atoms with Crippen LogP contribution < -0.4 is 10.6 Å². The number of nitrogens with one attached hydrogen (secondary N) is 2. The Hall–Kier alpha value is -2.43. The Bertz CT molecular complexity index is 708. The Balaban J connectivity index is 1.73. The maximum Gasteiger partial charge on any atom is 0.274 e. The molecule has 0 saturated heterocycles. The summed E-state index contributed by atoms with van der Waals surface area (Å²) >= 11 is 0. The van der Waals surface area contributed by atoms with Gasteiger partial charge < -0.3 is 10.6 Å². The third-order valence-corrected chi connectivity index (χ3v) is 4.44. The van der Waals surface area contributed by atoms with Gasteiger partial charge in [0.1, 0.15) is 17.8 Å². The first kappa shape index (κ1) is 16.4. The fourth-order valence-electron chi connectivity index (χ4n) is 3.14. The smallest absolute Gasteiger partial charge is 0.274 e. The van der Waals surface area contributed by atoms with Crippen molar-refractivity contribution in [2.45, 2.75) is 51.5 Å². The van der Waals surface area contributed by atoms with Crippen molar-refractivity contribution in [3.63, 3.8) is 0 Å². The number of carbonyl (C=O) groups excluding carboxylic acids is 1. The molecule has 1 aromatic carbocycles. The number of hydrogen-bond acceptors (Lipinski definition) is 4. The molecule has 1 aliphatic rings. The second-order valence-electron chi connectivity index (χ2n) is 6.61. The summed E-state index contributed by atoms with van der Waals surface area (Å²) in [6, 6.07) is 10.1. The van der Waals surface area contributed by atoms with E-state index in [9.17, 15) is 4.79 Å². The van der Waals surface area contributed by atoms with Gasteiger partial charge in [-0.1, -0.05) is 44.9 Å². The molecule has 24 heavy (non-hydrogen) atoms. The predicted octanol–water partition coefficient (Wildman–Crippen LogP) is 4.21. The van der Waals surface area contributed by atoms with Crippen molar-refractivity contribution in [1.29, 1.82) is 0 Å². The van der Waals surface area contributed by atoms with E-state index in [1.165, 1.54) is 19.2 Å². The molecule has 1 saturated carbocycles. The summed E-state index contributed by atoms with van der Waals surface area (Å²) in [5, 5.41) is 6.37. The molecule has 1 aromatic heterocycles. The highest BCUT2D eigenvalue weighted by molar-refractivity contribution is 6.03. The van der Waals surface area contributed by atoms with Gasteiger partial charge in [-0.2, -0.15) is 0 Å². The maximum atomic E-state index is 12.5. The van der Waals surface area contributed by atoms with Crippen LogP contribution in [0.4, 0.5) is 11.5 Å². The van der Waals surface area contributed by atoms with Crippen molar-refractivity contribution in [3.8, 4) is 0 Å². The SMILES string of the molecule is CC(C)c1ccccc1NC(=O)c1cc(NC2CCCC2)ncn1. The average molecular weight is 324 g/mol. The van der Waals surface area contributed by atoms with Gasteiger partial charge in [0.2, 0.25) is 0 Å². The fraction of sp³-hybridized carbons (Fsp3) is 0.421. The maximum absolute atomic E-state index is 12.5. The van der Waals surface area contributed by atoms with Crippen LogP contribution in [0.3, 0.4) is 0 Å². The molecule has 0 spiro atoms. The zero-order valence-electron chi connectivity index (χ0n) is 14.2. The van der Waals surface area contributed by atoms with E-state index < -0.39 is 0 Å². The molecule has 1 amide bonds. The van der Waals surface area contributed by atoms with Gasteiger partial charge in [0.25, 0.3) is 5.91 Å². The highest BCUT2D eigenvalue weighted by Gasteiger charge is 2.17. The quantitative estimate of drug-likeness (QED) is 0.864. The molecular formula is C19H24N4O. The molecule has 2 N–H and O–H groups in total. The number of amides is 1. The molecule has 1 aliphatic carbocycles. The van der Waals surface area contributed by atoms with Crippen LogP contribution in [0.2, 0.25) is 0 Å². The summed E-state index contributed by atoms with van der Waals surface area (Å²) in [6.45, 7) is 4.22. The van der Waals surface area contributed by atoms with E-state index >= 15 is 0 Å². The number of hydrogen-bond donors (Lipinski definition) is 2. The lowest BCUT2D eigenvalue weighted by molar-refractivity contribution is 0.102. The minimum atomic E-state index is -0.208. The molecule has 0 radical (unpaired) electrons. The van der Waals surface area contributed by atoms with Crippen LogP contribution in [0.5, 0.6) is 0 Å². The zero-order chi connectivity index (χ0) is 16.9. The van der Waals surface area contributed by atoms with Crippen LogP contribution in [0.25, 0.3) is 0 Å². The molecule has 0 bridgehead atoms. The number of rotatable bonds is 5. The number of aromatic nitrogens is 2. The Labute approximate surface area is 142 Å². The first-order chi connectivity index (χ1) is 11.6. The van der Waals surface area contributed by atoms with Crippen molar-refractivity contribution in [2.75, 3.05) is 10.6 Å². The highest BCUT2D eigenvalue weighted by atomic mass is 16.1. The normalized spacial score (nSPS) is 14.8. The number of benzene rings is 1. The Morgan fingerprint density at radius 2 is 1.92 bits per heavy atom. The van der Waals surface area contributed by atoms with E-state index in [-0.39, 0.29) is 5.91 Å². The average Bonchev–Trinajstić information content (AvgIpc) is 3.08. The largest absolute Gasteiger partial charge is 0.367 e. The van der Waals surface area contributed by atoms with Crippen LogP contribution in [-0.4, -0.2) is 21.9 Å². The third kappa shape index (κ3) is 3.91. The molecule has 2 aromatic rings. The minimum Gasteiger partial charge on any atom is -0.367 e. The summed E-state index contributed by atoms with van der Waals surface area (Å²) in [5.41, 5.74) is 2.33. The fourth-order valence-corrected chi connectivity index (χ4v) is 3.14. The lowest BCUT2D eigenvalue weighted by Crippen LogP contribution is -2.18. The molecule has 0 aliphatic heterocycles. The molecule has 1 heterocycles. The Morgan fingerprint density at radius 3 is 2.67 bits per heavy atom. The van der Waals surface area contributed by atoms with Crippen LogP contribution in [0.15, 0.2) is 36.7 Å². The highest BCUT2D eigenvalue weighted by Crippen LogP contribution is 2.24. The van der Waals surface area contributed by atoms with Crippen LogP contribution in [-0.2, 0) is 0 Å². The van der Waals surface area contributed by atoms with Gasteiger partial charge >= 0.3 is 0 Å². The van der Waals surface area contributed by atoms with E-state index in [1.807, 2.05) is 24.3 Å². The summed E-state index contributed by atoms with van der Waals surface area (Å²) in [4.78, 5) is 20.9. The van der Waals surface area contributed by atoms with Gasteiger partial charge in [0.05, 0.1) is 0 Å². The Kier molecular flexibility index (Phi) is 5.08. The lowest BCUT2D eigenvalue weighted by Gasteiger charge is -2.14. The standard InChI is InChI=1S/C19H24N4O/c1-13(2)15-9-5-6-10-16(15)23-19(24)17-11-18(21-12-20-17)22-14-7-3-4-8-14/h5-6,9-14H,3-4,7-8H2,1-2H3,(H,23,24)(H,20,21,22). The molecular weight excluding hydrogens is 300 g/mol. The van der Waals surface area contributed by atoms with Crippen LogP contribution >= 0.6 is 0 Å². The molecule has 1 fully saturated rings. The summed E-state index contributed by atoms with van der Waals surface area (Å²) < 4.78 is 0. The number of para-hydroxylation sites is 1. The van der Waals surface area contributed by atoms with E-state index in [0.29, 0.717) is 17.7 Å². The second-order valence-corrected chi connectivity index (χ2v) is 6.61. The third-order valence-electron chi connectivity index (χ3n) is 4.44. The topological polar surface area (TPSA) is 66.9 Å². The zero-order valence-corrected chi connectivity index (χ0v) is 14.2. The van der Waals surface area contributed by atoms with Crippen molar-refractivity contribution in [1.82, 2.24) is 9.97 Å².